The van der Waals surface area contributed by atoms with Crippen molar-refractivity contribution in [1.82, 2.24) is 0 Å². The predicted octanol–water partition coefficient (Wildman–Crippen LogP) is 4.84. The smallest absolute Gasteiger partial charge is 0.0193 e. The van der Waals surface area contributed by atoms with Gasteiger partial charge in [0.25, 0.3) is 0 Å². The van der Waals surface area contributed by atoms with E-state index in [0.717, 1.165) is 19.3 Å². The molecule has 1 aromatic carbocycles. The summed E-state index contributed by atoms with van der Waals surface area (Å²) in [5, 5.41) is 0. The number of allylic oxidation sites excluding steroid dienone is 2. The molecule has 0 fully saturated rings. The van der Waals surface area contributed by atoms with Crippen LogP contribution in [0.3, 0.4) is 0 Å². The molecule has 0 aliphatic carbocycles. The highest BCUT2D eigenvalue weighted by Gasteiger charge is 2.06. The Morgan fingerprint density at radius 3 is 2.20 bits per heavy atom. The normalized spacial score (nSPS) is 12.5. The van der Waals surface area contributed by atoms with Crippen molar-refractivity contribution >= 4 is 5.57 Å². The monoisotopic (exact) mass is 202 g/mol. The fraction of sp³-hybridized carbons (Fsp3) is 0.467. The van der Waals surface area contributed by atoms with Gasteiger partial charge >= 0.3 is 0 Å². The van der Waals surface area contributed by atoms with Crippen molar-refractivity contribution in [2.24, 2.45) is 0 Å². The van der Waals surface area contributed by atoms with Gasteiger partial charge in [0.05, 0.1) is 0 Å². The van der Waals surface area contributed by atoms with Crippen LogP contribution in [-0.4, -0.2) is 0 Å². The van der Waals surface area contributed by atoms with Gasteiger partial charge < -0.3 is 0 Å². The molecule has 0 heterocycles. The molecule has 0 nitrogen and oxygen atoms in total. The van der Waals surface area contributed by atoms with Crippen molar-refractivity contribution in [3.05, 3.63) is 41.0 Å². The van der Waals surface area contributed by atoms with Crippen molar-refractivity contribution in [3.63, 3.8) is 0 Å². The summed E-state index contributed by atoms with van der Waals surface area (Å²) in [6.07, 6.45) is 3.41. The van der Waals surface area contributed by atoms with Crippen molar-refractivity contribution in [2.45, 2.75) is 47.0 Å². The fourth-order valence-electron chi connectivity index (χ4n) is 2.06. The number of rotatable bonds is 4. The van der Waals surface area contributed by atoms with E-state index in [1.54, 1.807) is 0 Å². The second-order valence-electron chi connectivity index (χ2n) is 3.98. The highest BCUT2D eigenvalue weighted by atomic mass is 14.1. The van der Waals surface area contributed by atoms with Gasteiger partial charge in [0, 0.05) is 0 Å². The standard InChI is InChI=1S/C15H22/c1-5-12(4)14(7-3)15-11-9-8-10-13(15)6-2/h8-11H,5-7H2,1-4H3/b14-12+. The zero-order valence-corrected chi connectivity index (χ0v) is 10.4. The highest BCUT2D eigenvalue weighted by molar-refractivity contribution is 5.70. The third-order valence-electron chi connectivity index (χ3n) is 3.12. The zero-order chi connectivity index (χ0) is 11.3. The quantitative estimate of drug-likeness (QED) is 0.655. The maximum atomic E-state index is 2.26. The van der Waals surface area contributed by atoms with Crippen molar-refractivity contribution in [1.29, 1.82) is 0 Å². The minimum absolute atomic E-state index is 1.12. The van der Waals surface area contributed by atoms with Crippen molar-refractivity contribution < 1.29 is 0 Å². The van der Waals surface area contributed by atoms with Crippen LogP contribution in [0.15, 0.2) is 29.8 Å². The Bertz CT molecular complexity index is 345. The number of aryl methyl sites for hydroxylation is 1. The summed E-state index contributed by atoms with van der Waals surface area (Å²) in [5.41, 5.74) is 6.00. The molecule has 0 aliphatic heterocycles. The molecule has 0 unspecified atom stereocenters. The van der Waals surface area contributed by atoms with E-state index in [2.05, 4.69) is 52.0 Å². The van der Waals surface area contributed by atoms with E-state index in [1.165, 1.54) is 22.3 Å². The Morgan fingerprint density at radius 1 is 1.00 bits per heavy atom. The Balaban J connectivity index is 3.24. The van der Waals surface area contributed by atoms with E-state index in [9.17, 15) is 0 Å². The van der Waals surface area contributed by atoms with Crippen LogP contribution in [-0.2, 0) is 6.42 Å². The number of hydrogen-bond donors (Lipinski definition) is 0. The molecule has 0 amide bonds. The molecule has 1 aromatic rings. The third kappa shape index (κ3) is 2.71. The molecule has 0 N–H and O–H groups in total. The van der Waals surface area contributed by atoms with Crippen molar-refractivity contribution in [2.75, 3.05) is 0 Å². The van der Waals surface area contributed by atoms with Crippen LogP contribution in [0.5, 0.6) is 0 Å². The van der Waals surface area contributed by atoms with Crippen molar-refractivity contribution in [3.8, 4) is 0 Å². The molecule has 0 aliphatic rings. The SMILES string of the molecule is CC/C(C)=C(\CC)c1ccccc1CC. The third-order valence-corrected chi connectivity index (χ3v) is 3.12. The van der Waals surface area contributed by atoms with Crippen LogP contribution >= 0.6 is 0 Å². The summed E-state index contributed by atoms with van der Waals surface area (Å²) in [6.45, 7) is 8.97. The Kier molecular flexibility index (Phi) is 4.61. The molecule has 1 rings (SSSR count). The lowest BCUT2D eigenvalue weighted by molar-refractivity contribution is 1.05. The molecule has 0 bridgehead atoms. The Morgan fingerprint density at radius 2 is 1.67 bits per heavy atom. The van der Waals surface area contributed by atoms with Crippen LogP contribution in [0, 0.1) is 0 Å². The molecule has 0 aromatic heterocycles. The first-order valence-electron chi connectivity index (χ1n) is 6.01. The average Bonchev–Trinajstić information content (AvgIpc) is 2.30. The first-order chi connectivity index (χ1) is 7.24. The summed E-state index contributed by atoms with van der Waals surface area (Å²) in [4.78, 5) is 0. The first-order valence-corrected chi connectivity index (χ1v) is 6.01. The average molecular weight is 202 g/mol. The summed E-state index contributed by atoms with van der Waals surface area (Å²) in [7, 11) is 0. The molecule has 0 spiro atoms. The van der Waals surface area contributed by atoms with E-state index in [-0.39, 0.29) is 0 Å². The lowest BCUT2D eigenvalue weighted by Crippen LogP contribution is -1.93. The molecule has 0 saturated heterocycles. The lowest BCUT2D eigenvalue weighted by atomic mass is 9.92. The first kappa shape index (κ1) is 12.0. The Hall–Kier alpha value is -1.04. The minimum Gasteiger partial charge on any atom is -0.0698 e. The van der Waals surface area contributed by atoms with Gasteiger partial charge in [-0.05, 0) is 42.9 Å². The summed E-state index contributed by atoms with van der Waals surface area (Å²) in [5.74, 6) is 0. The van der Waals surface area contributed by atoms with Crippen LogP contribution < -0.4 is 0 Å². The van der Waals surface area contributed by atoms with Gasteiger partial charge in [-0.3, -0.25) is 0 Å². The molecule has 15 heavy (non-hydrogen) atoms. The van der Waals surface area contributed by atoms with Crippen LogP contribution in [0.25, 0.3) is 5.57 Å². The van der Waals surface area contributed by atoms with E-state index < -0.39 is 0 Å². The van der Waals surface area contributed by atoms with E-state index in [1.807, 2.05) is 0 Å². The molecule has 0 heteroatoms. The van der Waals surface area contributed by atoms with Gasteiger partial charge in [-0.15, -0.1) is 0 Å². The maximum absolute atomic E-state index is 2.26. The second kappa shape index (κ2) is 5.75. The zero-order valence-electron chi connectivity index (χ0n) is 10.4. The minimum atomic E-state index is 1.12. The number of benzene rings is 1. The Labute approximate surface area is 94.0 Å². The molecule has 0 radical (unpaired) electrons. The highest BCUT2D eigenvalue weighted by Crippen LogP contribution is 2.26. The maximum Gasteiger partial charge on any atom is -0.0193 e. The van der Waals surface area contributed by atoms with Gasteiger partial charge in [0.15, 0.2) is 0 Å². The van der Waals surface area contributed by atoms with Gasteiger partial charge in [-0.2, -0.15) is 0 Å². The lowest BCUT2D eigenvalue weighted by Gasteiger charge is -2.13. The largest absolute Gasteiger partial charge is 0.0698 e. The van der Waals surface area contributed by atoms with Crippen LogP contribution in [0.2, 0.25) is 0 Å². The van der Waals surface area contributed by atoms with E-state index in [4.69, 9.17) is 0 Å². The van der Waals surface area contributed by atoms with Gasteiger partial charge in [0.2, 0.25) is 0 Å². The second-order valence-corrected chi connectivity index (χ2v) is 3.98. The van der Waals surface area contributed by atoms with Crippen LogP contribution in [0.4, 0.5) is 0 Å². The molecule has 0 saturated carbocycles. The summed E-state index contributed by atoms with van der Waals surface area (Å²) < 4.78 is 0. The van der Waals surface area contributed by atoms with E-state index >= 15 is 0 Å². The predicted molar refractivity (Wildman–Crippen MR) is 69.0 cm³/mol. The summed E-state index contributed by atoms with van der Waals surface area (Å²) in [6, 6.07) is 8.79. The molecular formula is C15H22. The topological polar surface area (TPSA) is 0 Å². The molecule has 0 atom stereocenters. The van der Waals surface area contributed by atoms with Gasteiger partial charge in [-0.25, -0.2) is 0 Å². The summed E-state index contributed by atoms with van der Waals surface area (Å²) >= 11 is 0. The number of hydrogen-bond acceptors (Lipinski definition) is 0. The molecule has 82 valence electrons. The van der Waals surface area contributed by atoms with Gasteiger partial charge in [0.1, 0.15) is 0 Å². The van der Waals surface area contributed by atoms with Crippen LogP contribution in [0.1, 0.15) is 51.7 Å². The molecular weight excluding hydrogens is 180 g/mol. The van der Waals surface area contributed by atoms with Gasteiger partial charge in [-0.1, -0.05) is 50.6 Å². The van der Waals surface area contributed by atoms with E-state index in [0.29, 0.717) is 0 Å². The fourth-order valence-corrected chi connectivity index (χ4v) is 2.06.